The summed E-state index contributed by atoms with van der Waals surface area (Å²) in [5.74, 6) is -0.297. The van der Waals surface area contributed by atoms with Gasteiger partial charge in [0.05, 0.1) is 26.5 Å². The van der Waals surface area contributed by atoms with Crippen LogP contribution < -0.4 is 15.2 Å². The van der Waals surface area contributed by atoms with Gasteiger partial charge in [-0.15, -0.1) is 0 Å². The number of benzene rings is 2. The Morgan fingerprint density at radius 2 is 1.90 bits per heavy atom. The maximum Gasteiger partial charge on any atom is 0.311 e. The molecule has 0 aliphatic rings. The van der Waals surface area contributed by atoms with E-state index < -0.39 is 22.0 Å². The third kappa shape index (κ3) is 4.50. The molecule has 0 saturated carbocycles. The normalized spacial score (nSPS) is 13.1. The molecule has 10 heteroatoms. The van der Waals surface area contributed by atoms with Crippen molar-refractivity contribution in [2.24, 2.45) is 5.14 Å². The van der Waals surface area contributed by atoms with Crippen LogP contribution in [0, 0.1) is 10.1 Å². The van der Waals surface area contributed by atoms with Gasteiger partial charge >= 0.3 is 5.69 Å². The third-order valence-corrected chi connectivity index (χ3v) is 5.03. The molecule has 150 valence electrons. The zero-order chi connectivity index (χ0) is 23.5. The van der Waals surface area contributed by atoms with Crippen molar-refractivity contribution < 1.29 is 22.2 Å². The van der Waals surface area contributed by atoms with Crippen molar-refractivity contribution in [1.82, 2.24) is 4.98 Å². The molecule has 3 rings (SSSR count). The van der Waals surface area contributed by atoms with Gasteiger partial charge in [-0.25, -0.2) is 18.5 Å². The number of nitrogens with two attached hydrogens (primary N) is 1. The van der Waals surface area contributed by atoms with E-state index in [9.17, 15) is 18.5 Å². The molecule has 29 heavy (non-hydrogen) atoms. The summed E-state index contributed by atoms with van der Waals surface area (Å²) in [7, 11) is -6.68. The highest BCUT2D eigenvalue weighted by Gasteiger charge is 2.24. The predicted molar refractivity (Wildman–Crippen MR) is 108 cm³/mol. The van der Waals surface area contributed by atoms with Crippen LogP contribution in [0.2, 0.25) is 0 Å². The van der Waals surface area contributed by atoms with Gasteiger partial charge in [-0.05, 0) is 23.3 Å². The minimum Gasteiger partial charge on any atom is -0.480 e. The SMILES string of the molecule is [2H]C([2H])([2H])Oc1ncc([N+](=O)[O-])c(NCc2ccc(S(N)(=O)=O)cc2)c1-c1ccccc1. The van der Waals surface area contributed by atoms with Gasteiger partial charge in [0, 0.05) is 6.54 Å². The topological polar surface area (TPSA) is 137 Å². The molecule has 0 spiro atoms. The van der Waals surface area contributed by atoms with Crippen molar-refractivity contribution in [2.75, 3.05) is 12.4 Å². The van der Waals surface area contributed by atoms with Crippen LogP contribution >= 0.6 is 0 Å². The summed E-state index contributed by atoms with van der Waals surface area (Å²) in [5, 5.41) is 19.7. The molecule has 0 aliphatic carbocycles. The molecule has 3 N–H and O–H groups in total. The lowest BCUT2D eigenvalue weighted by Crippen LogP contribution is -2.12. The highest BCUT2D eigenvalue weighted by atomic mass is 32.2. The Balaban J connectivity index is 2.07. The summed E-state index contributed by atoms with van der Waals surface area (Å²) < 4.78 is 50.1. The van der Waals surface area contributed by atoms with Gasteiger partial charge in [-0.3, -0.25) is 10.1 Å². The third-order valence-electron chi connectivity index (χ3n) is 4.10. The predicted octanol–water partition coefficient (Wildman–Crippen LogP) is 2.92. The minimum absolute atomic E-state index is 0.00553. The molecular weight excluding hydrogens is 396 g/mol. The van der Waals surface area contributed by atoms with E-state index in [-0.39, 0.29) is 34.3 Å². The molecule has 0 amide bonds. The van der Waals surface area contributed by atoms with Crippen LogP contribution in [0.4, 0.5) is 11.4 Å². The van der Waals surface area contributed by atoms with Gasteiger partial charge in [-0.2, -0.15) is 0 Å². The molecular formula is C19H18N4O5S. The molecule has 9 nitrogen and oxygen atoms in total. The largest absolute Gasteiger partial charge is 0.480 e. The van der Waals surface area contributed by atoms with Crippen molar-refractivity contribution in [3.63, 3.8) is 0 Å². The van der Waals surface area contributed by atoms with Crippen LogP contribution in [-0.2, 0) is 16.6 Å². The Hall–Kier alpha value is -3.50. The maximum atomic E-state index is 11.7. The molecule has 3 aromatic rings. The fourth-order valence-electron chi connectivity index (χ4n) is 2.74. The van der Waals surface area contributed by atoms with Gasteiger partial charge in [0.2, 0.25) is 15.9 Å². The number of anilines is 1. The van der Waals surface area contributed by atoms with Crippen molar-refractivity contribution >= 4 is 21.4 Å². The molecule has 0 bridgehead atoms. The van der Waals surface area contributed by atoms with Crippen molar-refractivity contribution in [3.05, 3.63) is 76.5 Å². The molecule has 1 heterocycles. The molecule has 0 fully saturated rings. The van der Waals surface area contributed by atoms with Gasteiger partial charge in [0.15, 0.2) is 0 Å². The quantitative estimate of drug-likeness (QED) is 0.445. The van der Waals surface area contributed by atoms with E-state index in [0.717, 1.165) is 6.20 Å². The number of rotatable bonds is 7. The van der Waals surface area contributed by atoms with Crippen molar-refractivity contribution in [3.8, 4) is 17.0 Å². The molecule has 0 aliphatic heterocycles. The molecule has 0 saturated heterocycles. The molecule has 2 aromatic carbocycles. The van der Waals surface area contributed by atoms with E-state index in [4.69, 9.17) is 14.0 Å². The first-order valence-corrected chi connectivity index (χ1v) is 9.78. The summed E-state index contributed by atoms with van der Waals surface area (Å²) in [6, 6.07) is 14.0. The summed E-state index contributed by atoms with van der Waals surface area (Å²) in [5.41, 5.74) is 0.779. The number of nitrogens with zero attached hydrogens (tertiary/aromatic N) is 2. The van der Waals surface area contributed by atoms with E-state index in [0.29, 0.717) is 11.1 Å². The average molecular weight is 417 g/mol. The smallest absolute Gasteiger partial charge is 0.311 e. The Kier molecular flexibility index (Phi) is 4.68. The zero-order valence-electron chi connectivity index (χ0n) is 17.9. The first-order valence-electron chi connectivity index (χ1n) is 9.73. The number of nitrogens with one attached hydrogen (secondary N) is 1. The lowest BCUT2D eigenvalue weighted by molar-refractivity contribution is -0.384. The first-order chi connectivity index (χ1) is 15.0. The number of ether oxygens (including phenoxy) is 1. The van der Waals surface area contributed by atoms with Crippen LogP contribution in [0.25, 0.3) is 11.1 Å². The molecule has 0 radical (unpaired) electrons. The van der Waals surface area contributed by atoms with E-state index in [1.807, 2.05) is 0 Å². The van der Waals surface area contributed by atoms with Gasteiger partial charge in [0.1, 0.15) is 11.9 Å². The lowest BCUT2D eigenvalue weighted by Gasteiger charge is -2.15. The number of hydrogen-bond acceptors (Lipinski definition) is 7. The average Bonchev–Trinajstić information content (AvgIpc) is 2.71. The van der Waals surface area contributed by atoms with E-state index >= 15 is 0 Å². The standard InChI is InChI=1S/C19H18N4O5S/c1-28-19-17(14-5-3-2-4-6-14)18(16(12-22-19)23(24)25)21-11-13-7-9-15(10-8-13)29(20,26)27/h2-10,12H,11H2,1H3,(H,21,22)(H2,20,26,27)/i1D3. The second kappa shape index (κ2) is 8.25. The highest BCUT2D eigenvalue weighted by Crippen LogP contribution is 2.41. The fourth-order valence-corrected chi connectivity index (χ4v) is 3.25. The van der Waals surface area contributed by atoms with Crippen LogP contribution in [-0.4, -0.2) is 25.4 Å². The molecule has 0 unspecified atom stereocenters. The summed E-state index contributed by atoms with van der Waals surface area (Å²) in [4.78, 5) is 14.8. The molecule has 1 aromatic heterocycles. The van der Waals surface area contributed by atoms with Crippen LogP contribution in [0.15, 0.2) is 65.7 Å². The second-order valence-electron chi connectivity index (χ2n) is 5.97. The number of hydrogen-bond donors (Lipinski definition) is 2. The maximum absolute atomic E-state index is 11.7. The van der Waals surface area contributed by atoms with Gasteiger partial charge < -0.3 is 10.1 Å². The summed E-state index contributed by atoms with van der Waals surface area (Å²) in [6.45, 7) is 0.0583. The Morgan fingerprint density at radius 1 is 1.21 bits per heavy atom. The molecule has 0 atom stereocenters. The second-order valence-corrected chi connectivity index (χ2v) is 7.53. The first kappa shape index (κ1) is 16.5. The van der Waals surface area contributed by atoms with E-state index in [1.54, 1.807) is 30.3 Å². The number of nitro groups is 1. The number of pyridine rings is 1. The van der Waals surface area contributed by atoms with E-state index in [2.05, 4.69) is 10.3 Å². The van der Waals surface area contributed by atoms with E-state index in [1.165, 1.54) is 24.3 Å². The fraction of sp³-hybridized carbons (Fsp3) is 0.105. The number of sulfonamides is 1. The number of methoxy groups -OCH3 is 1. The van der Waals surface area contributed by atoms with Crippen LogP contribution in [0.5, 0.6) is 5.88 Å². The number of primary sulfonamides is 1. The monoisotopic (exact) mass is 417 g/mol. The van der Waals surface area contributed by atoms with Crippen LogP contribution in [0.3, 0.4) is 0 Å². The van der Waals surface area contributed by atoms with Crippen molar-refractivity contribution in [1.29, 1.82) is 0 Å². The zero-order valence-corrected chi connectivity index (χ0v) is 15.7. The highest BCUT2D eigenvalue weighted by molar-refractivity contribution is 7.89. The summed E-state index contributed by atoms with van der Waals surface area (Å²) in [6.07, 6.45) is 0.917. The van der Waals surface area contributed by atoms with Gasteiger partial charge in [-0.1, -0.05) is 42.5 Å². The Bertz CT molecular complexity index is 1230. The minimum atomic E-state index is -3.86. The number of aromatic nitrogens is 1. The van der Waals surface area contributed by atoms with Crippen molar-refractivity contribution in [2.45, 2.75) is 11.4 Å². The van der Waals surface area contributed by atoms with Gasteiger partial charge in [0.25, 0.3) is 0 Å². The Morgan fingerprint density at radius 3 is 2.48 bits per heavy atom. The Labute approximate surface area is 171 Å². The van der Waals surface area contributed by atoms with Crippen LogP contribution in [0.1, 0.15) is 9.68 Å². The summed E-state index contributed by atoms with van der Waals surface area (Å²) >= 11 is 0. The lowest BCUT2D eigenvalue weighted by atomic mass is 10.0.